The van der Waals surface area contributed by atoms with Gasteiger partial charge in [-0.25, -0.2) is 9.59 Å². The van der Waals surface area contributed by atoms with Crippen LogP contribution < -0.4 is 29.9 Å². The van der Waals surface area contributed by atoms with E-state index in [0.29, 0.717) is 29.3 Å². The van der Waals surface area contributed by atoms with E-state index in [1.807, 2.05) is 6.07 Å². The molecule has 0 saturated carbocycles. The molecule has 0 fully saturated rings. The minimum atomic E-state index is -0.863. The first-order valence-corrected chi connectivity index (χ1v) is 16.5. The fourth-order valence-electron chi connectivity index (χ4n) is 4.50. The standard InChI is InChI=1S/C20H26N2O5.C15H19BrN2O4/c1-6-14(23)9-7-13-8-10-17-16(11-13)22(5)18(24)15(12-26-17)21-19(25)27-20(2,3)4;1-15(2,3)22-14(20)17-10-8-21-12-6-5-9(16)7-11(12)18(4)13(10)19/h7-11,15H,6,12H2,1-5H3,(H,21,25);5-7,10H,8H2,1-4H3,(H,17,20)/b9-7+;. The van der Waals surface area contributed by atoms with Gasteiger partial charge in [0.15, 0.2) is 5.78 Å². The largest absolute Gasteiger partial charge is 0.489 e. The van der Waals surface area contributed by atoms with Gasteiger partial charge in [0.05, 0.1) is 11.4 Å². The number of fused-ring (bicyclic) bond motifs is 2. The molecule has 0 bridgehead atoms. The lowest BCUT2D eigenvalue weighted by molar-refractivity contribution is -0.121. The van der Waals surface area contributed by atoms with Crippen LogP contribution in [-0.4, -0.2) is 80.4 Å². The highest BCUT2D eigenvalue weighted by molar-refractivity contribution is 9.10. The lowest BCUT2D eigenvalue weighted by atomic mass is 10.1. The average molecular weight is 746 g/mol. The first-order chi connectivity index (χ1) is 22.8. The molecule has 0 radical (unpaired) electrons. The molecule has 4 rings (SSSR count). The number of halogens is 1. The van der Waals surface area contributed by atoms with Crippen molar-refractivity contribution in [2.45, 2.75) is 78.2 Å². The molecule has 0 saturated heterocycles. The number of hydrogen-bond donors (Lipinski definition) is 2. The average Bonchev–Trinajstić information content (AvgIpc) is 3.19. The molecule has 2 N–H and O–H groups in total. The Bertz CT molecular complexity index is 1600. The van der Waals surface area contributed by atoms with Crippen LogP contribution in [-0.2, 0) is 23.9 Å². The van der Waals surface area contributed by atoms with Crippen molar-refractivity contribution in [1.82, 2.24) is 10.6 Å². The Balaban J connectivity index is 0.000000271. The van der Waals surface area contributed by atoms with Crippen LogP contribution in [0.2, 0.25) is 0 Å². The summed E-state index contributed by atoms with van der Waals surface area (Å²) in [6, 6.07) is 9.05. The van der Waals surface area contributed by atoms with Gasteiger partial charge in [-0.1, -0.05) is 35.0 Å². The van der Waals surface area contributed by atoms with Crippen molar-refractivity contribution in [2.24, 2.45) is 0 Å². The second-order valence-electron chi connectivity index (χ2n) is 13.3. The van der Waals surface area contributed by atoms with Crippen molar-refractivity contribution in [3.05, 3.63) is 52.5 Å². The van der Waals surface area contributed by atoms with E-state index in [1.165, 1.54) is 15.9 Å². The van der Waals surface area contributed by atoms with Crippen molar-refractivity contribution in [1.29, 1.82) is 0 Å². The number of amides is 4. The highest BCUT2D eigenvalue weighted by Crippen LogP contribution is 2.34. The molecule has 49 heavy (non-hydrogen) atoms. The Morgan fingerprint density at radius 2 is 1.27 bits per heavy atom. The zero-order valence-electron chi connectivity index (χ0n) is 29.3. The van der Waals surface area contributed by atoms with E-state index in [0.717, 1.165) is 10.0 Å². The second-order valence-corrected chi connectivity index (χ2v) is 14.2. The summed E-state index contributed by atoms with van der Waals surface area (Å²) >= 11 is 3.37. The summed E-state index contributed by atoms with van der Waals surface area (Å²) < 4.78 is 22.6. The third kappa shape index (κ3) is 11.5. The van der Waals surface area contributed by atoms with Crippen LogP contribution in [0.3, 0.4) is 0 Å². The first kappa shape index (κ1) is 38.9. The van der Waals surface area contributed by atoms with Crippen molar-refractivity contribution >= 4 is 63.2 Å². The molecule has 0 aromatic heterocycles. The van der Waals surface area contributed by atoms with Gasteiger partial charge >= 0.3 is 12.2 Å². The molecule has 2 aromatic rings. The summed E-state index contributed by atoms with van der Waals surface area (Å²) in [5, 5.41) is 5.11. The van der Waals surface area contributed by atoms with Crippen LogP contribution in [0.1, 0.15) is 60.5 Å². The third-order valence-corrected chi connectivity index (χ3v) is 7.38. The first-order valence-electron chi connectivity index (χ1n) is 15.7. The topological polar surface area (TPSA) is 153 Å². The van der Waals surface area contributed by atoms with E-state index in [4.69, 9.17) is 18.9 Å². The number of rotatable bonds is 5. The van der Waals surface area contributed by atoms with Gasteiger partial charge in [-0.15, -0.1) is 0 Å². The molecule has 2 aliphatic heterocycles. The zero-order chi connectivity index (χ0) is 36.7. The monoisotopic (exact) mass is 744 g/mol. The van der Waals surface area contributed by atoms with Crippen LogP contribution in [0.4, 0.5) is 21.0 Å². The van der Waals surface area contributed by atoms with Crippen LogP contribution in [0.25, 0.3) is 6.08 Å². The zero-order valence-corrected chi connectivity index (χ0v) is 30.9. The van der Waals surface area contributed by atoms with Crippen LogP contribution in [0, 0.1) is 0 Å². The lowest BCUT2D eigenvalue weighted by Crippen LogP contribution is -2.50. The number of ether oxygens (including phenoxy) is 4. The number of likely N-dealkylation sites (N-methyl/N-ethyl adjacent to an activating group) is 2. The molecule has 2 unspecified atom stereocenters. The maximum absolute atomic E-state index is 12.7. The summed E-state index contributed by atoms with van der Waals surface area (Å²) in [7, 11) is 3.26. The third-order valence-electron chi connectivity index (χ3n) is 6.89. The molecule has 0 spiro atoms. The summed E-state index contributed by atoms with van der Waals surface area (Å²) in [5.74, 6) is 0.561. The number of allylic oxidation sites excluding steroid dienone is 1. The van der Waals surface area contributed by atoms with Gasteiger partial charge in [0.25, 0.3) is 11.8 Å². The van der Waals surface area contributed by atoms with Gasteiger partial charge in [-0.05, 0) is 83.5 Å². The maximum Gasteiger partial charge on any atom is 0.408 e. The lowest BCUT2D eigenvalue weighted by Gasteiger charge is -2.23. The quantitative estimate of drug-likeness (QED) is 0.372. The smallest absolute Gasteiger partial charge is 0.408 e. The summed E-state index contributed by atoms with van der Waals surface area (Å²) in [6.45, 7) is 12.4. The number of carbonyl (C=O) groups is 5. The molecular weight excluding hydrogens is 700 g/mol. The van der Waals surface area contributed by atoms with E-state index in [1.54, 1.807) is 99.0 Å². The number of nitrogens with one attached hydrogen (secondary N) is 2. The number of ketones is 1. The number of alkyl carbamates (subject to hydrolysis) is 2. The fourth-order valence-corrected chi connectivity index (χ4v) is 4.85. The van der Waals surface area contributed by atoms with Gasteiger partial charge in [0, 0.05) is 25.0 Å². The number of nitrogens with zero attached hydrogens (tertiary/aromatic N) is 2. The number of hydrogen-bond acceptors (Lipinski definition) is 9. The van der Waals surface area contributed by atoms with E-state index < -0.39 is 35.5 Å². The van der Waals surface area contributed by atoms with E-state index in [9.17, 15) is 24.0 Å². The normalized spacial score (nSPS) is 17.6. The summed E-state index contributed by atoms with van der Waals surface area (Å²) in [6.07, 6.45) is 2.32. The van der Waals surface area contributed by atoms with Gasteiger partial charge in [0.1, 0.15) is 48.0 Å². The maximum atomic E-state index is 12.7. The summed E-state index contributed by atoms with van der Waals surface area (Å²) in [4.78, 5) is 63.4. The second kappa shape index (κ2) is 16.2. The minimum Gasteiger partial charge on any atom is -0.489 e. The van der Waals surface area contributed by atoms with Crippen LogP contribution in [0.15, 0.2) is 46.9 Å². The van der Waals surface area contributed by atoms with Crippen molar-refractivity contribution in [3.8, 4) is 11.5 Å². The summed E-state index contributed by atoms with van der Waals surface area (Å²) in [5.41, 5.74) is 0.702. The van der Waals surface area contributed by atoms with E-state index in [2.05, 4.69) is 26.6 Å². The molecule has 266 valence electrons. The van der Waals surface area contributed by atoms with Crippen LogP contribution >= 0.6 is 15.9 Å². The molecule has 2 aromatic carbocycles. The Morgan fingerprint density at radius 1 is 0.816 bits per heavy atom. The SMILES string of the molecule is CCC(=O)/C=C/c1ccc2c(c1)N(C)C(=O)C(NC(=O)OC(C)(C)C)CO2.CN1C(=O)C(NC(=O)OC(C)(C)C)COc2ccc(Br)cc21. The molecular formula is C35H45BrN4O9. The Kier molecular flexibility index (Phi) is 12.9. The Labute approximate surface area is 295 Å². The minimum absolute atomic E-state index is 0.00107. The Morgan fingerprint density at radius 3 is 1.71 bits per heavy atom. The number of carbonyl (C=O) groups excluding carboxylic acids is 5. The molecule has 2 heterocycles. The highest BCUT2D eigenvalue weighted by atomic mass is 79.9. The number of benzene rings is 2. The van der Waals surface area contributed by atoms with Gasteiger partial charge in [-0.2, -0.15) is 0 Å². The van der Waals surface area contributed by atoms with Crippen molar-refractivity contribution in [2.75, 3.05) is 37.1 Å². The Hall–Kier alpha value is -4.59. The van der Waals surface area contributed by atoms with Gasteiger partial charge < -0.3 is 39.4 Å². The van der Waals surface area contributed by atoms with E-state index in [-0.39, 0.29) is 30.8 Å². The van der Waals surface area contributed by atoms with Gasteiger partial charge in [-0.3, -0.25) is 14.4 Å². The number of anilines is 2. The fraction of sp³-hybridized carbons (Fsp3) is 0.457. The predicted octanol–water partition coefficient (Wildman–Crippen LogP) is 5.63. The van der Waals surface area contributed by atoms with Crippen LogP contribution in [0.5, 0.6) is 11.5 Å². The molecule has 0 aliphatic carbocycles. The van der Waals surface area contributed by atoms with Crippen molar-refractivity contribution < 1.29 is 42.9 Å². The molecule has 14 heteroatoms. The molecule has 2 atom stereocenters. The molecule has 4 amide bonds. The highest BCUT2D eigenvalue weighted by Gasteiger charge is 2.33. The van der Waals surface area contributed by atoms with Crippen molar-refractivity contribution in [3.63, 3.8) is 0 Å². The molecule has 2 aliphatic rings. The predicted molar refractivity (Wildman–Crippen MR) is 189 cm³/mol. The van der Waals surface area contributed by atoms with E-state index >= 15 is 0 Å². The molecule has 13 nitrogen and oxygen atoms in total. The van der Waals surface area contributed by atoms with Gasteiger partial charge in [0.2, 0.25) is 0 Å².